The van der Waals surface area contributed by atoms with E-state index < -0.39 is 20.8 Å². The van der Waals surface area contributed by atoms with Crippen LogP contribution in [0.25, 0.3) is 4.13 Å². The number of nitrogens with zero attached hydrogens (tertiary/aromatic N) is 3. The zero-order chi connectivity index (χ0) is 20.1. The highest BCUT2D eigenvalue weighted by atomic mass is 32.3. The molecule has 1 aliphatic carbocycles. The average molecular weight is 416 g/mol. The summed E-state index contributed by atoms with van der Waals surface area (Å²) in [7, 11) is -11.2. The van der Waals surface area contributed by atoms with Crippen LogP contribution in [0.3, 0.4) is 0 Å². The minimum atomic E-state index is -5.62. The summed E-state index contributed by atoms with van der Waals surface area (Å²) in [6.45, 7) is 11.6. The molecule has 0 unspecified atom stereocenters. The van der Waals surface area contributed by atoms with E-state index in [1.54, 1.807) is 11.4 Å². The molecule has 0 saturated carbocycles. The van der Waals surface area contributed by atoms with Crippen LogP contribution >= 0.6 is 0 Å². The van der Waals surface area contributed by atoms with Gasteiger partial charge in [0.2, 0.25) is 27.1 Å². The summed E-state index contributed by atoms with van der Waals surface area (Å²) >= 11 is 0. The molecule has 0 fully saturated rings. The van der Waals surface area contributed by atoms with E-state index >= 15 is 0 Å². The molecule has 0 atom stereocenters. The Bertz CT molecular complexity index is 739. The zero-order valence-electron chi connectivity index (χ0n) is 15.5. The van der Waals surface area contributed by atoms with Crippen molar-refractivity contribution in [1.29, 1.82) is 0 Å². The van der Waals surface area contributed by atoms with Gasteiger partial charge in [0.15, 0.2) is 0 Å². The van der Waals surface area contributed by atoms with Gasteiger partial charge in [-0.25, -0.2) is 26.0 Å². The number of halogens is 2. The predicted molar refractivity (Wildman–Crippen MR) is 94.4 cm³/mol. The SMILES string of the molecule is CC(C)Cn1c[n+](CC(C)C)c2c1CCCC2.O=S(=O)(F)[N-]S(=O)(=O)F. The second-order valence-electron chi connectivity index (χ2n) is 7.21. The standard InChI is InChI=1S/C15H27N2.F2NO4S2/c1-12(2)9-16-11-17(10-13(3)4)15-8-6-5-7-14(15)16;1-8(4,5)3-9(2,6)7/h11-13H,5-10H2,1-4H3;/q+1;-1. The normalized spacial score (nSPS) is 14.9. The minimum absolute atomic E-state index is 0.737. The first kappa shape index (κ1) is 23.0. The van der Waals surface area contributed by atoms with E-state index in [-0.39, 0.29) is 0 Å². The number of hydrogen-bond donors (Lipinski definition) is 0. The third kappa shape index (κ3) is 8.54. The molecule has 0 saturated heterocycles. The number of hydrogen-bond acceptors (Lipinski definition) is 4. The van der Waals surface area contributed by atoms with Crippen LogP contribution in [0.5, 0.6) is 0 Å². The van der Waals surface area contributed by atoms with Gasteiger partial charge in [-0.1, -0.05) is 27.7 Å². The molecule has 0 aliphatic heterocycles. The molecule has 0 spiro atoms. The summed E-state index contributed by atoms with van der Waals surface area (Å²) in [5.74, 6) is 1.47. The second kappa shape index (κ2) is 9.23. The van der Waals surface area contributed by atoms with Crippen LogP contribution in [0.15, 0.2) is 6.33 Å². The lowest BCUT2D eigenvalue weighted by molar-refractivity contribution is -0.709. The van der Waals surface area contributed by atoms with Crippen molar-refractivity contribution in [2.24, 2.45) is 11.8 Å². The predicted octanol–water partition coefficient (Wildman–Crippen LogP) is 2.76. The first-order valence-electron chi connectivity index (χ1n) is 8.52. The van der Waals surface area contributed by atoms with Gasteiger partial charge in [0.25, 0.3) is 0 Å². The zero-order valence-corrected chi connectivity index (χ0v) is 17.2. The fourth-order valence-electron chi connectivity index (χ4n) is 3.01. The summed E-state index contributed by atoms with van der Waals surface area (Å²) in [4.78, 5) is 0. The molecular formula is C15H27F2N3O4S2. The van der Waals surface area contributed by atoms with Crippen molar-refractivity contribution in [3.63, 3.8) is 0 Å². The monoisotopic (exact) mass is 415 g/mol. The van der Waals surface area contributed by atoms with E-state index in [1.807, 2.05) is 0 Å². The van der Waals surface area contributed by atoms with Crippen molar-refractivity contribution in [3.8, 4) is 0 Å². The lowest BCUT2D eigenvalue weighted by Gasteiger charge is -2.11. The van der Waals surface area contributed by atoms with Crippen LogP contribution < -0.4 is 4.57 Å². The van der Waals surface area contributed by atoms with Crippen molar-refractivity contribution in [2.75, 3.05) is 0 Å². The van der Waals surface area contributed by atoms with Crippen LogP contribution in [-0.4, -0.2) is 21.4 Å². The van der Waals surface area contributed by atoms with Gasteiger partial charge in [0.05, 0.1) is 13.1 Å². The van der Waals surface area contributed by atoms with Gasteiger partial charge in [-0.15, -0.1) is 7.77 Å². The topological polar surface area (TPSA) is 91.2 Å². The Hall–Kier alpha value is -1.07. The van der Waals surface area contributed by atoms with Crippen LogP contribution in [0.4, 0.5) is 7.77 Å². The molecule has 11 heteroatoms. The first-order valence-corrected chi connectivity index (χ1v) is 11.2. The number of imidazole rings is 1. The third-order valence-electron chi connectivity index (χ3n) is 3.68. The Labute approximate surface area is 155 Å². The van der Waals surface area contributed by atoms with Gasteiger partial charge in [0, 0.05) is 12.8 Å². The highest BCUT2D eigenvalue weighted by Crippen LogP contribution is 2.20. The van der Waals surface area contributed by atoms with Crippen molar-refractivity contribution in [3.05, 3.63) is 21.8 Å². The first-order chi connectivity index (χ1) is 11.8. The Balaban J connectivity index is 0.000000321. The molecule has 1 aliphatic rings. The fraction of sp³-hybridized carbons (Fsp3) is 0.800. The van der Waals surface area contributed by atoms with Gasteiger partial charge in [0.1, 0.15) is 11.4 Å². The van der Waals surface area contributed by atoms with E-state index in [0.29, 0.717) is 0 Å². The fourth-order valence-corrected chi connectivity index (χ4v) is 3.86. The number of fused-ring (bicyclic) bond motifs is 1. The van der Waals surface area contributed by atoms with Gasteiger partial charge in [-0.2, -0.15) is 0 Å². The molecule has 0 bridgehead atoms. The number of aromatic nitrogens is 2. The summed E-state index contributed by atoms with van der Waals surface area (Å²) in [6.07, 6.45) is 7.68. The largest absolute Gasteiger partial charge is 0.379 e. The Kier molecular flexibility index (Phi) is 8.15. The molecule has 7 nitrogen and oxygen atoms in total. The highest BCUT2D eigenvalue weighted by Gasteiger charge is 2.26. The maximum Gasteiger partial charge on any atom is 0.244 e. The van der Waals surface area contributed by atoms with Gasteiger partial charge >= 0.3 is 0 Å². The summed E-state index contributed by atoms with van der Waals surface area (Å²) < 4.78 is 65.1. The van der Waals surface area contributed by atoms with E-state index in [4.69, 9.17) is 0 Å². The molecule has 152 valence electrons. The molecule has 0 radical (unpaired) electrons. The van der Waals surface area contributed by atoms with Gasteiger partial charge in [-0.3, -0.25) is 0 Å². The van der Waals surface area contributed by atoms with Gasteiger partial charge in [-0.05, 0) is 24.7 Å². The van der Waals surface area contributed by atoms with E-state index in [2.05, 4.69) is 43.2 Å². The van der Waals surface area contributed by atoms with E-state index in [9.17, 15) is 24.6 Å². The van der Waals surface area contributed by atoms with E-state index in [0.717, 1.165) is 16.0 Å². The summed E-state index contributed by atoms with van der Waals surface area (Å²) in [5, 5.41) is 0. The number of rotatable bonds is 6. The molecule has 1 aromatic rings. The summed E-state index contributed by atoms with van der Waals surface area (Å²) in [6, 6.07) is 0. The molecule has 0 N–H and O–H groups in total. The van der Waals surface area contributed by atoms with Crippen molar-refractivity contribution < 1.29 is 29.2 Å². The summed E-state index contributed by atoms with van der Waals surface area (Å²) in [5.41, 5.74) is 3.23. The van der Waals surface area contributed by atoms with Crippen molar-refractivity contribution in [1.82, 2.24) is 4.57 Å². The Morgan fingerprint density at radius 3 is 2.00 bits per heavy atom. The highest BCUT2D eigenvalue weighted by molar-refractivity contribution is 8.07. The second-order valence-corrected chi connectivity index (χ2v) is 9.45. The van der Waals surface area contributed by atoms with Crippen molar-refractivity contribution in [2.45, 2.75) is 66.5 Å². The smallest absolute Gasteiger partial charge is 0.244 e. The van der Waals surface area contributed by atoms with Gasteiger partial charge < -0.3 is 4.13 Å². The maximum atomic E-state index is 11.1. The quantitative estimate of drug-likeness (QED) is 0.528. The Morgan fingerprint density at radius 1 is 1.04 bits per heavy atom. The lowest BCUT2D eigenvalue weighted by atomic mass is 10.00. The molecule has 1 aromatic heterocycles. The molecule has 0 amide bonds. The van der Waals surface area contributed by atoms with Crippen molar-refractivity contribution >= 4 is 20.8 Å². The van der Waals surface area contributed by atoms with E-state index in [1.165, 1.54) is 38.8 Å². The Morgan fingerprint density at radius 2 is 1.58 bits per heavy atom. The average Bonchev–Trinajstić information content (AvgIpc) is 2.72. The van der Waals surface area contributed by atoms with Crippen LogP contribution in [0, 0.1) is 11.8 Å². The molecule has 26 heavy (non-hydrogen) atoms. The molecule has 0 aromatic carbocycles. The molecule has 2 rings (SSSR count). The molecular weight excluding hydrogens is 388 g/mol. The maximum absolute atomic E-state index is 11.1. The lowest BCUT2D eigenvalue weighted by Crippen LogP contribution is -2.39. The molecule has 1 heterocycles. The van der Waals surface area contributed by atoms with Crippen LogP contribution in [0.1, 0.15) is 51.9 Å². The third-order valence-corrected chi connectivity index (χ3v) is 5.11. The van der Waals surface area contributed by atoms with Crippen LogP contribution in [0.2, 0.25) is 0 Å². The minimum Gasteiger partial charge on any atom is -0.379 e. The van der Waals surface area contributed by atoms with Crippen LogP contribution in [-0.2, 0) is 46.7 Å².